The monoisotopic (exact) mass is 255 g/mol. The zero-order valence-corrected chi connectivity index (χ0v) is 9.98. The maximum absolute atomic E-state index is 12.9. The van der Waals surface area contributed by atoms with E-state index in [0.29, 0.717) is 26.9 Å². The van der Waals surface area contributed by atoms with Crippen molar-refractivity contribution in [1.29, 1.82) is 0 Å². The molecule has 1 heterocycles. The molecule has 1 nitrogen and oxygen atoms in total. The normalized spacial score (nSPS) is 10.5. The minimum atomic E-state index is -0.371. The smallest absolute Gasteiger partial charge is 0.141 e. The zero-order chi connectivity index (χ0) is 11.7. The van der Waals surface area contributed by atoms with Gasteiger partial charge in [0.1, 0.15) is 5.82 Å². The van der Waals surface area contributed by atoms with E-state index in [4.69, 9.17) is 23.2 Å². The Balaban J connectivity index is 2.68. The van der Waals surface area contributed by atoms with Crippen molar-refractivity contribution in [2.24, 2.45) is 0 Å². The summed E-state index contributed by atoms with van der Waals surface area (Å²) in [5.74, 6) is -0.371. The number of hydrogen-bond acceptors (Lipinski definition) is 1. The molecule has 0 aliphatic rings. The molecule has 0 saturated carbocycles. The Morgan fingerprint density at radius 3 is 2.38 bits per heavy atom. The second-order valence-electron chi connectivity index (χ2n) is 3.42. The topological polar surface area (TPSA) is 12.9 Å². The van der Waals surface area contributed by atoms with Crippen molar-refractivity contribution in [2.45, 2.75) is 6.92 Å². The minimum Gasteiger partial charge on any atom is -0.253 e. The van der Waals surface area contributed by atoms with E-state index in [2.05, 4.69) is 4.98 Å². The Bertz CT molecular complexity index is 520. The number of aryl methyl sites for hydroxylation is 1. The van der Waals surface area contributed by atoms with Crippen molar-refractivity contribution in [2.75, 3.05) is 0 Å². The molecule has 0 radical (unpaired) electrons. The van der Waals surface area contributed by atoms with Crippen molar-refractivity contribution in [1.82, 2.24) is 4.98 Å². The first-order chi connectivity index (χ1) is 7.59. The molecule has 1 aromatic carbocycles. The molecule has 0 saturated heterocycles. The third kappa shape index (κ3) is 2.04. The molecule has 0 aliphatic heterocycles. The number of halogens is 3. The molecule has 2 aromatic rings. The van der Waals surface area contributed by atoms with Gasteiger partial charge in [-0.05, 0) is 30.7 Å². The number of hydrogen-bond donors (Lipinski definition) is 0. The fraction of sp³-hybridized carbons (Fsp3) is 0.0833. The third-order valence-corrected chi connectivity index (χ3v) is 2.87. The average molecular weight is 256 g/mol. The number of benzene rings is 1. The molecule has 1 aromatic heterocycles. The maximum Gasteiger partial charge on any atom is 0.141 e. The van der Waals surface area contributed by atoms with Gasteiger partial charge in [-0.1, -0.05) is 29.3 Å². The zero-order valence-electron chi connectivity index (χ0n) is 8.47. The van der Waals surface area contributed by atoms with Crippen LogP contribution in [0.2, 0.25) is 10.0 Å². The summed E-state index contributed by atoms with van der Waals surface area (Å²) >= 11 is 12.1. The highest BCUT2D eigenvalue weighted by molar-refractivity contribution is 6.39. The first-order valence-electron chi connectivity index (χ1n) is 4.66. The van der Waals surface area contributed by atoms with Gasteiger partial charge in [-0.15, -0.1) is 0 Å². The Labute approximate surface area is 103 Å². The van der Waals surface area contributed by atoms with Crippen LogP contribution >= 0.6 is 23.2 Å². The molecule has 0 amide bonds. The van der Waals surface area contributed by atoms with Crippen LogP contribution in [0.15, 0.2) is 30.5 Å². The Morgan fingerprint density at radius 1 is 1.19 bits per heavy atom. The van der Waals surface area contributed by atoms with Crippen molar-refractivity contribution >= 4 is 23.2 Å². The van der Waals surface area contributed by atoms with Crippen molar-refractivity contribution in [3.8, 4) is 11.3 Å². The summed E-state index contributed by atoms with van der Waals surface area (Å²) in [7, 11) is 0. The van der Waals surface area contributed by atoms with Gasteiger partial charge < -0.3 is 0 Å². The van der Waals surface area contributed by atoms with Crippen LogP contribution in [0.5, 0.6) is 0 Å². The van der Waals surface area contributed by atoms with Gasteiger partial charge in [0, 0.05) is 5.56 Å². The van der Waals surface area contributed by atoms with Crippen molar-refractivity contribution in [3.63, 3.8) is 0 Å². The minimum absolute atomic E-state index is 0.371. The van der Waals surface area contributed by atoms with Gasteiger partial charge in [0.2, 0.25) is 0 Å². The lowest BCUT2D eigenvalue weighted by atomic mass is 10.1. The van der Waals surface area contributed by atoms with Crippen LogP contribution in [-0.4, -0.2) is 4.98 Å². The molecule has 16 heavy (non-hydrogen) atoms. The summed E-state index contributed by atoms with van der Waals surface area (Å²) < 4.78 is 12.9. The molecule has 0 unspecified atom stereocenters. The van der Waals surface area contributed by atoms with E-state index in [1.807, 2.05) is 0 Å². The molecule has 82 valence electrons. The summed E-state index contributed by atoms with van der Waals surface area (Å²) in [6.07, 6.45) is 1.15. The molecule has 0 bridgehead atoms. The van der Waals surface area contributed by atoms with Crippen LogP contribution in [0.4, 0.5) is 4.39 Å². The first-order valence-corrected chi connectivity index (χ1v) is 5.41. The van der Waals surface area contributed by atoms with E-state index in [1.165, 1.54) is 6.07 Å². The van der Waals surface area contributed by atoms with E-state index >= 15 is 0 Å². The highest BCUT2D eigenvalue weighted by atomic mass is 35.5. The maximum atomic E-state index is 12.9. The van der Waals surface area contributed by atoms with Crippen LogP contribution < -0.4 is 0 Å². The second-order valence-corrected chi connectivity index (χ2v) is 4.23. The quantitative estimate of drug-likeness (QED) is 0.731. The standard InChI is InChI=1S/C12H8Cl2FN/c1-7-5-8(15)6-16-12(7)11-9(13)3-2-4-10(11)14/h2-6H,1H3. The fourth-order valence-corrected chi connectivity index (χ4v) is 2.10. The summed E-state index contributed by atoms with van der Waals surface area (Å²) in [5, 5.41) is 1.02. The van der Waals surface area contributed by atoms with E-state index in [0.717, 1.165) is 6.20 Å². The molecular formula is C12H8Cl2FN. The van der Waals surface area contributed by atoms with Gasteiger partial charge in [0.05, 0.1) is 21.9 Å². The van der Waals surface area contributed by atoms with Crippen molar-refractivity contribution < 1.29 is 4.39 Å². The third-order valence-electron chi connectivity index (χ3n) is 2.24. The molecule has 4 heteroatoms. The van der Waals surface area contributed by atoms with E-state index in [-0.39, 0.29) is 5.82 Å². The van der Waals surface area contributed by atoms with Gasteiger partial charge in [0.25, 0.3) is 0 Å². The lowest BCUT2D eigenvalue weighted by Crippen LogP contribution is -1.91. The highest BCUT2D eigenvalue weighted by Gasteiger charge is 2.12. The predicted molar refractivity (Wildman–Crippen MR) is 64.4 cm³/mol. The van der Waals surface area contributed by atoms with Gasteiger partial charge in [-0.3, -0.25) is 4.98 Å². The number of aromatic nitrogens is 1. The largest absolute Gasteiger partial charge is 0.253 e. The lowest BCUT2D eigenvalue weighted by Gasteiger charge is -2.08. The van der Waals surface area contributed by atoms with Crippen LogP contribution in [-0.2, 0) is 0 Å². The van der Waals surface area contributed by atoms with Gasteiger partial charge in [-0.2, -0.15) is 0 Å². The van der Waals surface area contributed by atoms with Gasteiger partial charge >= 0.3 is 0 Å². The highest BCUT2D eigenvalue weighted by Crippen LogP contribution is 2.34. The second kappa shape index (κ2) is 4.40. The van der Waals surface area contributed by atoms with Crippen LogP contribution in [0.25, 0.3) is 11.3 Å². The number of rotatable bonds is 1. The first kappa shape index (κ1) is 11.4. The molecule has 0 spiro atoms. The molecule has 0 aliphatic carbocycles. The van der Waals surface area contributed by atoms with Crippen molar-refractivity contribution in [3.05, 3.63) is 51.9 Å². The molecule has 0 atom stereocenters. The van der Waals surface area contributed by atoms with Gasteiger partial charge in [0.15, 0.2) is 0 Å². The van der Waals surface area contributed by atoms with Crippen LogP contribution in [0, 0.1) is 12.7 Å². The predicted octanol–water partition coefficient (Wildman–Crippen LogP) is 4.50. The summed E-state index contributed by atoms with van der Waals surface area (Å²) in [6, 6.07) is 6.62. The summed E-state index contributed by atoms with van der Waals surface area (Å²) in [6.45, 7) is 1.77. The summed E-state index contributed by atoms with van der Waals surface area (Å²) in [5.41, 5.74) is 1.95. The van der Waals surface area contributed by atoms with E-state index in [9.17, 15) is 4.39 Å². The van der Waals surface area contributed by atoms with Gasteiger partial charge in [-0.25, -0.2) is 4.39 Å². The number of nitrogens with zero attached hydrogens (tertiary/aromatic N) is 1. The van der Waals surface area contributed by atoms with Crippen LogP contribution in [0.3, 0.4) is 0 Å². The van der Waals surface area contributed by atoms with E-state index in [1.54, 1.807) is 25.1 Å². The Morgan fingerprint density at radius 2 is 1.81 bits per heavy atom. The van der Waals surface area contributed by atoms with Crippen LogP contribution in [0.1, 0.15) is 5.56 Å². The molecule has 2 rings (SSSR count). The lowest BCUT2D eigenvalue weighted by molar-refractivity contribution is 0.620. The average Bonchev–Trinajstić information content (AvgIpc) is 2.20. The molecule has 0 fully saturated rings. The fourth-order valence-electron chi connectivity index (χ4n) is 1.53. The summed E-state index contributed by atoms with van der Waals surface area (Å²) in [4.78, 5) is 4.03. The Hall–Kier alpha value is -1.12. The number of pyridine rings is 1. The van der Waals surface area contributed by atoms with E-state index < -0.39 is 0 Å². The SMILES string of the molecule is Cc1cc(F)cnc1-c1c(Cl)cccc1Cl. The molecular weight excluding hydrogens is 248 g/mol. The Kier molecular flexibility index (Phi) is 3.13. The molecule has 0 N–H and O–H groups in total.